The van der Waals surface area contributed by atoms with Crippen molar-refractivity contribution in [2.75, 3.05) is 39.6 Å². The topological polar surface area (TPSA) is 56.8 Å². The average Bonchev–Trinajstić information content (AvgIpc) is 2.64. The van der Waals surface area contributed by atoms with Crippen molar-refractivity contribution in [1.82, 2.24) is 5.32 Å². The number of hydrogen-bond acceptors (Lipinski definition) is 4. The van der Waals surface area contributed by atoms with Gasteiger partial charge in [-0.25, -0.2) is 0 Å². The van der Waals surface area contributed by atoms with Gasteiger partial charge in [-0.15, -0.1) is 0 Å². The van der Waals surface area contributed by atoms with Crippen molar-refractivity contribution in [3.63, 3.8) is 0 Å². The summed E-state index contributed by atoms with van der Waals surface area (Å²) in [6.07, 6.45) is -2.97. The molecule has 152 valence electrons. The summed E-state index contributed by atoms with van der Waals surface area (Å²) in [7, 11) is 0. The minimum Gasteiger partial charge on any atom is -0.494 e. The van der Waals surface area contributed by atoms with Gasteiger partial charge in [-0.05, 0) is 37.5 Å². The molecule has 1 saturated heterocycles. The monoisotopic (exact) mass is 389 g/mol. The summed E-state index contributed by atoms with van der Waals surface area (Å²) in [6, 6.07) is 7.80. The molecular formula is C19H26F3NO4. The molecule has 0 bridgehead atoms. The number of ether oxygens (including phenoxy) is 3. The highest BCUT2D eigenvalue weighted by molar-refractivity contribution is 5.76. The lowest BCUT2D eigenvalue weighted by Gasteiger charge is -2.38. The summed E-state index contributed by atoms with van der Waals surface area (Å²) in [5.74, 6) is 0.461. The lowest BCUT2D eigenvalue weighted by molar-refractivity contribution is -0.174. The van der Waals surface area contributed by atoms with E-state index in [9.17, 15) is 18.0 Å². The largest absolute Gasteiger partial charge is 0.494 e. The number of nitrogens with one attached hydrogen (secondary N) is 1. The van der Waals surface area contributed by atoms with Gasteiger partial charge >= 0.3 is 6.18 Å². The molecule has 1 fully saturated rings. The Balaban J connectivity index is 1.91. The quantitative estimate of drug-likeness (QED) is 0.659. The van der Waals surface area contributed by atoms with E-state index in [0.29, 0.717) is 26.4 Å². The summed E-state index contributed by atoms with van der Waals surface area (Å²) in [6.45, 7) is 2.50. The zero-order valence-corrected chi connectivity index (χ0v) is 15.4. The predicted octanol–water partition coefficient (Wildman–Crippen LogP) is 3.22. The number of benzene rings is 1. The van der Waals surface area contributed by atoms with Crippen LogP contribution in [-0.2, 0) is 19.7 Å². The first kappa shape index (κ1) is 21.5. The van der Waals surface area contributed by atoms with Crippen LogP contribution in [0.5, 0.6) is 5.75 Å². The molecule has 0 atom stereocenters. The number of amides is 1. The fraction of sp³-hybridized carbons (Fsp3) is 0.632. The average molecular weight is 389 g/mol. The Morgan fingerprint density at radius 3 is 2.48 bits per heavy atom. The van der Waals surface area contributed by atoms with Crippen LogP contribution in [-0.4, -0.2) is 51.7 Å². The molecule has 1 amide bonds. The molecule has 1 N–H and O–H groups in total. The van der Waals surface area contributed by atoms with Gasteiger partial charge in [0.15, 0.2) is 0 Å². The molecule has 8 heteroatoms. The minimum atomic E-state index is -4.38. The van der Waals surface area contributed by atoms with Gasteiger partial charge in [0.1, 0.15) is 12.4 Å². The maximum atomic E-state index is 12.0. The molecule has 1 aliphatic heterocycles. The maximum absolute atomic E-state index is 12.0. The lowest BCUT2D eigenvalue weighted by Crippen LogP contribution is -2.44. The number of carbonyl (C=O) groups is 1. The van der Waals surface area contributed by atoms with Crippen LogP contribution in [0.25, 0.3) is 0 Å². The molecule has 0 radical (unpaired) electrons. The number of alkyl halides is 3. The lowest BCUT2D eigenvalue weighted by atomic mass is 9.74. The van der Waals surface area contributed by atoms with E-state index < -0.39 is 12.8 Å². The van der Waals surface area contributed by atoms with E-state index in [1.807, 2.05) is 31.2 Å². The smallest absolute Gasteiger partial charge is 0.411 e. The molecule has 5 nitrogen and oxygen atoms in total. The second kappa shape index (κ2) is 9.94. The van der Waals surface area contributed by atoms with Crippen molar-refractivity contribution in [2.45, 2.75) is 37.8 Å². The molecule has 0 aliphatic carbocycles. The molecule has 1 aromatic carbocycles. The van der Waals surface area contributed by atoms with Gasteiger partial charge in [0.2, 0.25) is 5.91 Å². The van der Waals surface area contributed by atoms with Crippen LogP contribution in [0.4, 0.5) is 13.2 Å². The molecule has 1 heterocycles. The van der Waals surface area contributed by atoms with Crippen molar-refractivity contribution in [1.29, 1.82) is 0 Å². The van der Waals surface area contributed by atoms with Crippen LogP contribution in [0, 0.1) is 0 Å². The fourth-order valence-corrected chi connectivity index (χ4v) is 3.11. The Morgan fingerprint density at radius 2 is 1.89 bits per heavy atom. The standard InChI is InChI=1S/C19H26F3NO4/c1-2-27-16-5-3-15(4-6-16)18(8-11-25-12-9-18)13-23-17(24)7-10-26-14-19(20,21)22/h3-6H,2,7-14H2,1H3,(H,23,24). The number of carbonyl (C=O) groups excluding carboxylic acids is 1. The Kier molecular flexibility index (Phi) is 7.91. The van der Waals surface area contributed by atoms with Crippen LogP contribution >= 0.6 is 0 Å². The molecule has 1 aliphatic rings. The number of hydrogen-bond donors (Lipinski definition) is 1. The highest BCUT2D eigenvalue weighted by Crippen LogP contribution is 2.35. The third-order valence-electron chi connectivity index (χ3n) is 4.59. The molecule has 27 heavy (non-hydrogen) atoms. The van der Waals surface area contributed by atoms with Crippen molar-refractivity contribution >= 4 is 5.91 Å². The maximum Gasteiger partial charge on any atom is 0.411 e. The normalized spacial score (nSPS) is 16.7. The van der Waals surface area contributed by atoms with E-state index in [0.717, 1.165) is 24.2 Å². The van der Waals surface area contributed by atoms with Gasteiger partial charge in [0.05, 0.1) is 13.2 Å². The second-order valence-corrected chi connectivity index (χ2v) is 6.54. The molecule has 0 spiro atoms. The van der Waals surface area contributed by atoms with E-state index in [1.54, 1.807) is 0 Å². The first-order valence-corrected chi connectivity index (χ1v) is 9.07. The van der Waals surface area contributed by atoms with Crippen molar-refractivity contribution in [2.24, 2.45) is 0 Å². The first-order valence-electron chi connectivity index (χ1n) is 9.07. The summed E-state index contributed by atoms with van der Waals surface area (Å²) in [4.78, 5) is 12.0. The summed E-state index contributed by atoms with van der Waals surface area (Å²) in [5, 5.41) is 2.84. The van der Waals surface area contributed by atoms with Crippen LogP contribution in [0.2, 0.25) is 0 Å². The number of rotatable bonds is 9. The Labute approximate surface area is 157 Å². The van der Waals surface area contributed by atoms with Crippen molar-refractivity contribution in [3.8, 4) is 5.75 Å². The highest BCUT2D eigenvalue weighted by atomic mass is 19.4. The van der Waals surface area contributed by atoms with E-state index in [-0.39, 0.29) is 24.3 Å². The molecule has 0 unspecified atom stereocenters. The molecule has 1 aromatic rings. The predicted molar refractivity (Wildman–Crippen MR) is 93.8 cm³/mol. The Morgan fingerprint density at radius 1 is 1.22 bits per heavy atom. The van der Waals surface area contributed by atoms with Gasteiger partial charge < -0.3 is 19.5 Å². The van der Waals surface area contributed by atoms with E-state index in [4.69, 9.17) is 9.47 Å². The van der Waals surface area contributed by atoms with Crippen molar-refractivity contribution < 1.29 is 32.2 Å². The zero-order valence-electron chi connectivity index (χ0n) is 15.4. The van der Waals surface area contributed by atoms with Crippen LogP contribution in [0.1, 0.15) is 31.7 Å². The highest BCUT2D eigenvalue weighted by Gasteiger charge is 2.35. The van der Waals surface area contributed by atoms with E-state index in [2.05, 4.69) is 10.1 Å². The van der Waals surface area contributed by atoms with Gasteiger partial charge in [0, 0.05) is 31.6 Å². The molecule has 0 aromatic heterocycles. The van der Waals surface area contributed by atoms with Crippen molar-refractivity contribution in [3.05, 3.63) is 29.8 Å². The van der Waals surface area contributed by atoms with E-state index in [1.165, 1.54) is 0 Å². The van der Waals surface area contributed by atoms with E-state index >= 15 is 0 Å². The molecule has 2 rings (SSSR count). The fourth-order valence-electron chi connectivity index (χ4n) is 3.11. The zero-order chi connectivity index (χ0) is 19.8. The third kappa shape index (κ3) is 7.03. The summed E-state index contributed by atoms with van der Waals surface area (Å²) < 4.78 is 51.5. The first-order chi connectivity index (χ1) is 12.8. The van der Waals surface area contributed by atoms with Gasteiger partial charge in [-0.3, -0.25) is 4.79 Å². The van der Waals surface area contributed by atoms with Gasteiger partial charge in [-0.1, -0.05) is 12.1 Å². The Hall–Kier alpha value is -1.80. The van der Waals surface area contributed by atoms with Crippen LogP contribution in [0.15, 0.2) is 24.3 Å². The Bertz CT molecular complexity index is 584. The molecular weight excluding hydrogens is 363 g/mol. The third-order valence-corrected chi connectivity index (χ3v) is 4.59. The SMILES string of the molecule is CCOc1ccc(C2(CNC(=O)CCOCC(F)(F)F)CCOCC2)cc1. The van der Waals surface area contributed by atoms with Crippen LogP contribution in [0.3, 0.4) is 0 Å². The van der Waals surface area contributed by atoms with Gasteiger partial charge in [0.25, 0.3) is 0 Å². The summed E-state index contributed by atoms with van der Waals surface area (Å²) in [5.41, 5.74) is 0.828. The summed E-state index contributed by atoms with van der Waals surface area (Å²) >= 11 is 0. The number of halogens is 3. The van der Waals surface area contributed by atoms with Crippen LogP contribution < -0.4 is 10.1 Å². The molecule has 0 saturated carbocycles. The van der Waals surface area contributed by atoms with Gasteiger partial charge in [-0.2, -0.15) is 13.2 Å². The minimum absolute atomic E-state index is 0.105. The second-order valence-electron chi connectivity index (χ2n) is 6.54.